The summed E-state index contributed by atoms with van der Waals surface area (Å²) in [7, 11) is 0. The van der Waals surface area contributed by atoms with Gasteiger partial charge in [0.15, 0.2) is 0 Å². The van der Waals surface area contributed by atoms with E-state index in [2.05, 4.69) is 15.3 Å². The molecule has 0 radical (unpaired) electrons. The molecule has 1 aliphatic carbocycles. The Morgan fingerprint density at radius 1 is 1.38 bits per heavy atom. The number of hydrogen-bond donors (Lipinski definition) is 1. The Labute approximate surface area is 81.5 Å². The van der Waals surface area contributed by atoms with Gasteiger partial charge in [-0.1, -0.05) is 18.0 Å². The first-order valence-corrected chi connectivity index (χ1v) is 4.94. The molecule has 2 heterocycles. The first kappa shape index (κ1) is 7.56. The molecule has 1 aliphatic heterocycles. The molecule has 1 N–H and O–H groups in total. The van der Waals surface area contributed by atoms with Crippen molar-refractivity contribution in [2.75, 3.05) is 11.9 Å². The van der Waals surface area contributed by atoms with Gasteiger partial charge in [0, 0.05) is 17.5 Å². The van der Waals surface area contributed by atoms with Gasteiger partial charge in [-0.2, -0.15) is 0 Å². The van der Waals surface area contributed by atoms with E-state index in [1.54, 1.807) is 0 Å². The number of nitrogens with zero attached hydrogens (tertiary/aromatic N) is 2. The van der Waals surface area contributed by atoms with Crippen LogP contribution in [0.1, 0.15) is 24.8 Å². The second kappa shape index (κ2) is 2.35. The van der Waals surface area contributed by atoms with Crippen LogP contribution in [0.15, 0.2) is 6.33 Å². The largest absolute Gasteiger partial charge is 0.369 e. The second-order valence-electron chi connectivity index (χ2n) is 3.88. The molecule has 0 atom stereocenters. The van der Waals surface area contributed by atoms with Gasteiger partial charge in [-0.25, -0.2) is 9.97 Å². The highest BCUT2D eigenvalue weighted by atomic mass is 35.5. The Kier molecular flexibility index (Phi) is 1.37. The van der Waals surface area contributed by atoms with Crippen LogP contribution in [0.4, 0.5) is 5.82 Å². The molecule has 3 rings (SSSR count). The van der Waals surface area contributed by atoms with E-state index in [0.29, 0.717) is 5.15 Å². The van der Waals surface area contributed by atoms with Crippen molar-refractivity contribution in [1.82, 2.24) is 9.97 Å². The minimum absolute atomic E-state index is 0.272. The summed E-state index contributed by atoms with van der Waals surface area (Å²) in [5.74, 6) is 0.944. The number of anilines is 1. The van der Waals surface area contributed by atoms with Crippen molar-refractivity contribution in [2.45, 2.75) is 24.7 Å². The van der Waals surface area contributed by atoms with Crippen LogP contribution in [0, 0.1) is 0 Å². The standard InChI is InChI=1S/C9H10ClN3/c10-7-6-8(13-5-12-7)11-4-9(6)2-1-3-9/h5H,1-4H2,(H,11,12,13). The van der Waals surface area contributed by atoms with E-state index >= 15 is 0 Å². The number of halogens is 1. The lowest BCUT2D eigenvalue weighted by Gasteiger charge is -2.37. The maximum absolute atomic E-state index is 6.08. The first-order chi connectivity index (χ1) is 6.32. The molecule has 1 aromatic heterocycles. The van der Waals surface area contributed by atoms with Gasteiger partial charge in [0.1, 0.15) is 17.3 Å². The van der Waals surface area contributed by atoms with Crippen molar-refractivity contribution in [3.05, 3.63) is 17.0 Å². The smallest absolute Gasteiger partial charge is 0.138 e. The quantitative estimate of drug-likeness (QED) is 0.644. The van der Waals surface area contributed by atoms with E-state index in [0.717, 1.165) is 17.9 Å². The first-order valence-electron chi connectivity index (χ1n) is 4.57. The fourth-order valence-corrected chi connectivity index (χ4v) is 2.67. The lowest BCUT2D eigenvalue weighted by Crippen LogP contribution is -2.36. The summed E-state index contributed by atoms with van der Waals surface area (Å²) in [4.78, 5) is 8.23. The monoisotopic (exact) mass is 195 g/mol. The van der Waals surface area contributed by atoms with E-state index in [1.807, 2.05) is 0 Å². The minimum atomic E-state index is 0.272. The van der Waals surface area contributed by atoms with Crippen molar-refractivity contribution < 1.29 is 0 Å². The highest BCUT2D eigenvalue weighted by Crippen LogP contribution is 2.51. The zero-order valence-corrected chi connectivity index (χ0v) is 7.93. The molecule has 1 saturated carbocycles. The fraction of sp³-hybridized carbons (Fsp3) is 0.556. The van der Waals surface area contributed by atoms with Crippen LogP contribution in [0.25, 0.3) is 0 Å². The third-order valence-corrected chi connectivity index (χ3v) is 3.52. The Morgan fingerprint density at radius 2 is 2.23 bits per heavy atom. The molecule has 68 valence electrons. The van der Waals surface area contributed by atoms with Crippen molar-refractivity contribution in [3.63, 3.8) is 0 Å². The average molecular weight is 196 g/mol. The van der Waals surface area contributed by atoms with Crippen LogP contribution in [0.2, 0.25) is 5.15 Å². The van der Waals surface area contributed by atoms with Gasteiger partial charge < -0.3 is 5.32 Å². The summed E-state index contributed by atoms with van der Waals surface area (Å²) >= 11 is 6.08. The van der Waals surface area contributed by atoms with E-state index in [-0.39, 0.29) is 5.41 Å². The minimum Gasteiger partial charge on any atom is -0.369 e. The highest BCUT2D eigenvalue weighted by Gasteiger charge is 2.46. The summed E-state index contributed by atoms with van der Waals surface area (Å²) in [5, 5.41) is 3.93. The Hall–Kier alpha value is -0.830. The molecule has 0 unspecified atom stereocenters. The summed E-state index contributed by atoms with van der Waals surface area (Å²) in [6, 6.07) is 0. The molecule has 0 aromatic carbocycles. The molecule has 13 heavy (non-hydrogen) atoms. The van der Waals surface area contributed by atoms with Crippen LogP contribution >= 0.6 is 11.6 Å². The second-order valence-corrected chi connectivity index (χ2v) is 4.23. The van der Waals surface area contributed by atoms with Gasteiger partial charge in [0.05, 0.1) is 0 Å². The molecule has 1 spiro atoms. The average Bonchev–Trinajstić information content (AvgIpc) is 2.44. The van der Waals surface area contributed by atoms with Crippen LogP contribution in [0.3, 0.4) is 0 Å². The van der Waals surface area contributed by atoms with Crippen LogP contribution in [0.5, 0.6) is 0 Å². The molecule has 1 fully saturated rings. The number of nitrogens with one attached hydrogen (secondary N) is 1. The molecule has 2 aliphatic rings. The molecule has 0 saturated heterocycles. The van der Waals surface area contributed by atoms with E-state index in [4.69, 9.17) is 11.6 Å². The number of aromatic nitrogens is 2. The zero-order valence-electron chi connectivity index (χ0n) is 7.18. The molecule has 4 heteroatoms. The van der Waals surface area contributed by atoms with Gasteiger partial charge in [-0.05, 0) is 12.8 Å². The molecular weight excluding hydrogens is 186 g/mol. The molecule has 0 amide bonds. The van der Waals surface area contributed by atoms with Gasteiger partial charge in [-0.3, -0.25) is 0 Å². The summed E-state index contributed by atoms with van der Waals surface area (Å²) < 4.78 is 0. The molecule has 1 aromatic rings. The van der Waals surface area contributed by atoms with E-state index in [9.17, 15) is 0 Å². The fourth-order valence-electron chi connectivity index (χ4n) is 2.34. The topological polar surface area (TPSA) is 37.8 Å². The Balaban J connectivity index is 2.19. The predicted octanol–water partition coefficient (Wildman–Crippen LogP) is 1.98. The van der Waals surface area contributed by atoms with Crippen LogP contribution in [-0.2, 0) is 5.41 Å². The maximum atomic E-state index is 6.08. The van der Waals surface area contributed by atoms with E-state index < -0.39 is 0 Å². The predicted molar refractivity (Wildman–Crippen MR) is 51.1 cm³/mol. The number of hydrogen-bond acceptors (Lipinski definition) is 3. The zero-order chi connectivity index (χ0) is 8.89. The van der Waals surface area contributed by atoms with Crippen LogP contribution in [-0.4, -0.2) is 16.5 Å². The highest BCUT2D eigenvalue weighted by molar-refractivity contribution is 6.30. The maximum Gasteiger partial charge on any atom is 0.138 e. The lowest BCUT2D eigenvalue weighted by molar-refractivity contribution is 0.271. The van der Waals surface area contributed by atoms with Gasteiger partial charge in [0.25, 0.3) is 0 Å². The Morgan fingerprint density at radius 3 is 2.92 bits per heavy atom. The summed E-state index contributed by atoms with van der Waals surface area (Å²) in [5.41, 5.74) is 1.43. The summed E-state index contributed by atoms with van der Waals surface area (Å²) in [6.45, 7) is 0.987. The third-order valence-electron chi connectivity index (χ3n) is 3.24. The number of rotatable bonds is 0. The SMILES string of the molecule is Clc1ncnc2c1C1(CCC1)CN2. The lowest BCUT2D eigenvalue weighted by atomic mass is 9.66. The van der Waals surface area contributed by atoms with Crippen molar-refractivity contribution >= 4 is 17.4 Å². The van der Waals surface area contributed by atoms with Gasteiger partial charge >= 0.3 is 0 Å². The summed E-state index contributed by atoms with van der Waals surface area (Å²) in [6.07, 6.45) is 5.26. The third kappa shape index (κ3) is 0.854. The van der Waals surface area contributed by atoms with Crippen molar-refractivity contribution in [1.29, 1.82) is 0 Å². The number of fused-ring (bicyclic) bond motifs is 2. The van der Waals surface area contributed by atoms with Crippen molar-refractivity contribution in [2.24, 2.45) is 0 Å². The Bertz CT molecular complexity index is 360. The molecule has 0 bridgehead atoms. The van der Waals surface area contributed by atoms with Gasteiger partial charge in [0.2, 0.25) is 0 Å². The van der Waals surface area contributed by atoms with Gasteiger partial charge in [-0.15, -0.1) is 0 Å². The van der Waals surface area contributed by atoms with Crippen LogP contribution < -0.4 is 5.32 Å². The normalized spacial score (nSPS) is 22.2. The van der Waals surface area contributed by atoms with Crippen molar-refractivity contribution in [3.8, 4) is 0 Å². The van der Waals surface area contributed by atoms with E-state index in [1.165, 1.54) is 25.6 Å². The molecular formula is C9H10ClN3. The molecule has 3 nitrogen and oxygen atoms in total.